The standard InChI is InChI=1S/C25H20O6/c1-3-29-19-11-12-20-22(15-19)30-23(24(20)26)14-16-7-4-5-10-21(16)31-25(27)17-8-6-9-18(13-17)28-2/h4-15H,3H2,1-2H3/b23-14-. The Balaban J connectivity index is 1.59. The number of carbonyl (C=O) groups excluding carboxylic acids is 2. The van der Waals surface area contributed by atoms with E-state index in [1.165, 1.54) is 7.11 Å². The van der Waals surface area contributed by atoms with Crippen LogP contribution in [-0.4, -0.2) is 25.5 Å². The Bertz CT molecular complexity index is 1180. The van der Waals surface area contributed by atoms with Gasteiger partial charge in [-0.1, -0.05) is 24.3 Å². The van der Waals surface area contributed by atoms with Gasteiger partial charge in [0, 0.05) is 11.6 Å². The minimum absolute atomic E-state index is 0.147. The van der Waals surface area contributed by atoms with Gasteiger partial charge in [0.15, 0.2) is 5.76 Å². The van der Waals surface area contributed by atoms with Crippen LogP contribution in [0.1, 0.15) is 33.2 Å². The Labute approximate surface area is 179 Å². The maximum atomic E-state index is 12.7. The van der Waals surface area contributed by atoms with Crippen molar-refractivity contribution < 1.29 is 28.5 Å². The minimum Gasteiger partial charge on any atom is -0.497 e. The highest BCUT2D eigenvalue weighted by Gasteiger charge is 2.28. The minimum atomic E-state index is -0.534. The number of carbonyl (C=O) groups is 2. The molecule has 3 aromatic rings. The highest BCUT2D eigenvalue weighted by atomic mass is 16.5. The Kier molecular flexibility index (Phi) is 5.71. The molecule has 1 heterocycles. The molecule has 0 atom stereocenters. The van der Waals surface area contributed by atoms with Crippen LogP contribution >= 0.6 is 0 Å². The van der Waals surface area contributed by atoms with Gasteiger partial charge in [-0.25, -0.2) is 4.79 Å². The Hall–Kier alpha value is -4.06. The lowest BCUT2D eigenvalue weighted by molar-refractivity contribution is 0.0734. The van der Waals surface area contributed by atoms with E-state index in [1.54, 1.807) is 72.8 Å². The third-order valence-electron chi connectivity index (χ3n) is 4.67. The third kappa shape index (κ3) is 4.28. The summed E-state index contributed by atoms with van der Waals surface area (Å²) in [5.74, 6) is 1.30. The second kappa shape index (κ2) is 8.75. The number of allylic oxidation sites excluding steroid dienone is 1. The number of methoxy groups -OCH3 is 1. The molecule has 0 bridgehead atoms. The number of ketones is 1. The first-order valence-electron chi connectivity index (χ1n) is 9.75. The first kappa shape index (κ1) is 20.2. The van der Waals surface area contributed by atoms with Crippen LogP contribution in [-0.2, 0) is 0 Å². The van der Waals surface area contributed by atoms with Crippen LogP contribution in [0.25, 0.3) is 6.08 Å². The summed E-state index contributed by atoms with van der Waals surface area (Å²) in [5, 5.41) is 0. The average molecular weight is 416 g/mol. The van der Waals surface area contributed by atoms with Gasteiger partial charge in [-0.3, -0.25) is 4.79 Å². The van der Waals surface area contributed by atoms with Gasteiger partial charge in [-0.2, -0.15) is 0 Å². The molecule has 1 aliphatic heterocycles. The Morgan fingerprint density at radius 1 is 1.00 bits per heavy atom. The summed E-state index contributed by atoms with van der Waals surface area (Å²) < 4.78 is 22.0. The molecule has 0 spiro atoms. The van der Waals surface area contributed by atoms with Crippen LogP contribution in [0, 0.1) is 0 Å². The average Bonchev–Trinajstić information content (AvgIpc) is 3.10. The zero-order valence-electron chi connectivity index (χ0n) is 17.1. The lowest BCUT2D eigenvalue weighted by atomic mass is 10.1. The summed E-state index contributed by atoms with van der Waals surface area (Å²) in [5.41, 5.74) is 1.35. The molecule has 0 saturated carbocycles. The zero-order valence-corrected chi connectivity index (χ0v) is 17.1. The quantitative estimate of drug-likeness (QED) is 0.322. The van der Waals surface area contributed by atoms with Crippen molar-refractivity contribution in [1.29, 1.82) is 0 Å². The summed E-state index contributed by atoms with van der Waals surface area (Å²) in [7, 11) is 1.53. The fourth-order valence-electron chi connectivity index (χ4n) is 3.17. The fraction of sp³-hybridized carbons (Fsp3) is 0.120. The molecule has 4 rings (SSSR count). The number of benzene rings is 3. The topological polar surface area (TPSA) is 71.1 Å². The largest absolute Gasteiger partial charge is 0.497 e. The monoisotopic (exact) mass is 416 g/mol. The van der Waals surface area contributed by atoms with Crippen molar-refractivity contribution in [2.75, 3.05) is 13.7 Å². The molecule has 0 amide bonds. The van der Waals surface area contributed by atoms with E-state index < -0.39 is 5.97 Å². The first-order chi connectivity index (χ1) is 15.1. The van der Waals surface area contributed by atoms with Gasteiger partial charge in [0.25, 0.3) is 0 Å². The van der Waals surface area contributed by atoms with E-state index >= 15 is 0 Å². The number of rotatable bonds is 6. The van der Waals surface area contributed by atoms with E-state index in [9.17, 15) is 9.59 Å². The van der Waals surface area contributed by atoms with E-state index in [1.807, 2.05) is 6.92 Å². The van der Waals surface area contributed by atoms with Gasteiger partial charge in [0.2, 0.25) is 5.78 Å². The maximum absolute atomic E-state index is 12.7. The lowest BCUT2D eigenvalue weighted by Gasteiger charge is -2.09. The SMILES string of the molecule is CCOc1ccc2c(c1)O/C(=C\c1ccccc1OC(=O)c1cccc(OC)c1)C2=O. The van der Waals surface area contributed by atoms with Crippen molar-refractivity contribution in [2.24, 2.45) is 0 Å². The highest BCUT2D eigenvalue weighted by molar-refractivity contribution is 6.14. The van der Waals surface area contributed by atoms with Gasteiger partial charge in [-0.05, 0) is 49.4 Å². The molecule has 31 heavy (non-hydrogen) atoms. The lowest BCUT2D eigenvalue weighted by Crippen LogP contribution is -2.09. The van der Waals surface area contributed by atoms with Crippen LogP contribution in [0.3, 0.4) is 0 Å². The molecule has 0 fully saturated rings. The number of para-hydroxylation sites is 1. The molecular weight excluding hydrogens is 396 g/mol. The molecule has 1 aliphatic rings. The second-order valence-corrected chi connectivity index (χ2v) is 6.69. The van der Waals surface area contributed by atoms with Gasteiger partial charge in [0.05, 0.1) is 24.8 Å². The molecule has 0 saturated heterocycles. The van der Waals surface area contributed by atoms with Crippen LogP contribution in [0.15, 0.2) is 72.5 Å². The molecule has 3 aromatic carbocycles. The Morgan fingerprint density at radius 2 is 1.84 bits per heavy atom. The number of fused-ring (bicyclic) bond motifs is 1. The van der Waals surface area contributed by atoms with Gasteiger partial charge >= 0.3 is 5.97 Å². The number of Topliss-reactive ketones (excluding diaryl/α,β-unsaturated/α-hetero) is 1. The first-order valence-corrected chi connectivity index (χ1v) is 9.75. The number of ether oxygens (including phenoxy) is 4. The van der Waals surface area contributed by atoms with Crippen LogP contribution in [0.2, 0.25) is 0 Å². The van der Waals surface area contributed by atoms with Crippen molar-refractivity contribution >= 4 is 17.8 Å². The summed E-state index contributed by atoms with van der Waals surface area (Å²) in [6.45, 7) is 2.40. The fourth-order valence-corrected chi connectivity index (χ4v) is 3.17. The van der Waals surface area contributed by atoms with Gasteiger partial charge < -0.3 is 18.9 Å². The number of hydrogen-bond acceptors (Lipinski definition) is 6. The van der Waals surface area contributed by atoms with E-state index in [2.05, 4.69) is 0 Å². The zero-order chi connectivity index (χ0) is 21.8. The van der Waals surface area contributed by atoms with Crippen LogP contribution in [0.4, 0.5) is 0 Å². The molecule has 0 N–H and O–H groups in total. The van der Waals surface area contributed by atoms with E-state index in [0.29, 0.717) is 46.3 Å². The predicted molar refractivity (Wildman–Crippen MR) is 115 cm³/mol. The van der Waals surface area contributed by atoms with Crippen molar-refractivity contribution in [3.63, 3.8) is 0 Å². The van der Waals surface area contributed by atoms with Crippen molar-refractivity contribution in [2.45, 2.75) is 6.92 Å². The molecule has 0 unspecified atom stereocenters. The molecule has 0 aliphatic carbocycles. The van der Waals surface area contributed by atoms with Gasteiger partial charge in [0.1, 0.15) is 23.0 Å². The van der Waals surface area contributed by atoms with Crippen LogP contribution < -0.4 is 18.9 Å². The Morgan fingerprint density at radius 3 is 2.65 bits per heavy atom. The summed E-state index contributed by atoms with van der Waals surface area (Å²) in [6, 6.07) is 18.7. The summed E-state index contributed by atoms with van der Waals surface area (Å²) in [4.78, 5) is 25.3. The predicted octanol–water partition coefficient (Wildman–Crippen LogP) is 4.93. The molecule has 6 heteroatoms. The van der Waals surface area contributed by atoms with Crippen molar-refractivity contribution in [3.8, 4) is 23.0 Å². The summed E-state index contributed by atoms with van der Waals surface area (Å²) >= 11 is 0. The van der Waals surface area contributed by atoms with Gasteiger partial charge in [-0.15, -0.1) is 0 Å². The number of hydrogen-bond donors (Lipinski definition) is 0. The number of esters is 1. The molecule has 0 radical (unpaired) electrons. The van der Waals surface area contributed by atoms with E-state index in [4.69, 9.17) is 18.9 Å². The smallest absolute Gasteiger partial charge is 0.343 e. The normalized spacial score (nSPS) is 13.5. The second-order valence-electron chi connectivity index (χ2n) is 6.69. The van der Waals surface area contributed by atoms with Crippen molar-refractivity contribution in [3.05, 3.63) is 89.2 Å². The molecule has 6 nitrogen and oxygen atoms in total. The van der Waals surface area contributed by atoms with E-state index in [-0.39, 0.29) is 11.5 Å². The third-order valence-corrected chi connectivity index (χ3v) is 4.67. The van der Waals surface area contributed by atoms with E-state index in [0.717, 1.165) is 0 Å². The highest BCUT2D eigenvalue weighted by Crippen LogP contribution is 2.35. The van der Waals surface area contributed by atoms with Crippen molar-refractivity contribution in [1.82, 2.24) is 0 Å². The summed E-state index contributed by atoms with van der Waals surface area (Å²) in [6.07, 6.45) is 1.57. The molecule has 156 valence electrons. The molecule has 0 aromatic heterocycles. The maximum Gasteiger partial charge on any atom is 0.343 e. The molecular formula is C25H20O6. The van der Waals surface area contributed by atoms with Crippen LogP contribution in [0.5, 0.6) is 23.0 Å².